The van der Waals surface area contributed by atoms with E-state index in [1.54, 1.807) is 0 Å². The molecule has 0 bridgehead atoms. The molecule has 2 heterocycles. The Morgan fingerprint density at radius 1 is 0.786 bits per heavy atom. The highest BCUT2D eigenvalue weighted by atomic mass is 32.3. The summed E-state index contributed by atoms with van der Waals surface area (Å²) >= 11 is 0. The predicted octanol–water partition coefficient (Wildman–Crippen LogP) is 5.60. The quantitative estimate of drug-likeness (QED) is 0.504. The molecule has 144 valence electrons. The Balaban J connectivity index is 1.65. The second-order valence-corrected chi connectivity index (χ2v) is 12.8. The van der Waals surface area contributed by atoms with Crippen molar-refractivity contribution in [3.8, 4) is 11.1 Å². The number of rotatable bonds is 1. The maximum Gasteiger partial charge on any atom is 0.494 e. The molecule has 0 radical (unpaired) electrons. The van der Waals surface area contributed by atoms with Crippen molar-refractivity contribution < 1.29 is 9.31 Å². The van der Waals surface area contributed by atoms with Crippen LogP contribution in [-0.2, 0) is 9.31 Å². The van der Waals surface area contributed by atoms with Crippen LogP contribution in [0.1, 0.15) is 27.7 Å². The Morgan fingerprint density at radius 2 is 1.43 bits per heavy atom. The van der Waals surface area contributed by atoms with E-state index >= 15 is 0 Å². The van der Waals surface area contributed by atoms with Crippen molar-refractivity contribution in [2.24, 2.45) is 0 Å². The summed E-state index contributed by atoms with van der Waals surface area (Å²) in [5, 5.41) is 2.70. The standard InChI is InChI=1S/C24H27BO2S/c1-23(2)24(3,4)27-25(26-23)17-12-14-19-20-13-11-16-9-7-8-10-18(16)22(20)28(5,6)21(19)15-17/h7-15H,1-6H3. The summed E-state index contributed by atoms with van der Waals surface area (Å²) in [5.41, 5.74) is 3.22. The summed E-state index contributed by atoms with van der Waals surface area (Å²) in [5.74, 6) is 0. The van der Waals surface area contributed by atoms with Crippen LogP contribution in [0.2, 0.25) is 0 Å². The Labute approximate surface area is 169 Å². The monoisotopic (exact) mass is 390 g/mol. The maximum atomic E-state index is 6.31. The molecule has 0 spiro atoms. The molecule has 2 aliphatic heterocycles. The van der Waals surface area contributed by atoms with E-state index in [1.807, 2.05) is 0 Å². The number of benzene rings is 3. The van der Waals surface area contributed by atoms with Crippen LogP contribution in [-0.4, -0.2) is 30.8 Å². The summed E-state index contributed by atoms with van der Waals surface area (Å²) in [7, 11) is -1.43. The van der Waals surface area contributed by atoms with Gasteiger partial charge in [-0.1, -0.05) is 48.5 Å². The third kappa shape index (κ3) is 2.38. The Hall–Kier alpha value is -1.75. The SMILES string of the molecule is CC1(C)OB(c2ccc3c(c2)S(C)(C)c2c-3ccc3ccccc23)OC1(C)C. The summed E-state index contributed by atoms with van der Waals surface area (Å²) < 4.78 is 12.6. The molecule has 0 N–H and O–H groups in total. The largest absolute Gasteiger partial charge is 0.494 e. The predicted molar refractivity (Wildman–Crippen MR) is 121 cm³/mol. The van der Waals surface area contributed by atoms with Crippen LogP contribution in [0.3, 0.4) is 0 Å². The van der Waals surface area contributed by atoms with Crippen LogP contribution < -0.4 is 5.46 Å². The van der Waals surface area contributed by atoms with Crippen LogP contribution in [0.4, 0.5) is 0 Å². The van der Waals surface area contributed by atoms with Crippen LogP contribution in [0.15, 0.2) is 64.4 Å². The van der Waals surface area contributed by atoms with Gasteiger partial charge >= 0.3 is 7.12 Å². The van der Waals surface area contributed by atoms with Crippen molar-refractivity contribution in [3.63, 3.8) is 0 Å². The molecule has 0 aliphatic carbocycles. The van der Waals surface area contributed by atoms with Crippen LogP contribution in [0, 0.1) is 0 Å². The van der Waals surface area contributed by atoms with E-state index in [2.05, 4.69) is 94.8 Å². The first-order valence-electron chi connectivity index (χ1n) is 9.87. The molecule has 2 aliphatic rings. The minimum absolute atomic E-state index is 0.314. The van der Waals surface area contributed by atoms with E-state index in [0.717, 1.165) is 5.46 Å². The molecule has 1 fully saturated rings. The highest BCUT2D eigenvalue weighted by molar-refractivity contribution is 8.33. The van der Waals surface area contributed by atoms with Gasteiger partial charge in [0, 0.05) is 9.79 Å². The summed E-state index contributed by atoms with van der Waals surface area (Å²) in [4.78, 5) is 2.94. The molecular formula is C24H27BO2S. The first-order valence-corrected chi connectivity index (χ1v) is 12.3. The van der Waals surface area contributed by atoms with Gasteiger partial charge in [-0.2, -0.15) is 10.0 Å². The number of fused-ring (bicyclic) bond motifs is 5. The fourth-order valence-electron chi connectivity index (χ4n) is 4.42. The molecule has 5 rings (SSSR count). The van der Waals surface area contributed by atoms with Crippen molar-refractivity contribution in [2.45, 2.75) is 48.7 Å². The van der Waals surface area contributed by atoms with Crippen molar-refractivity contribution in [1.82, 2.24) is 0 Å². The molecule has 4 heteroatoms. The lowest BCUT2D eigenvalue weighted by molar-refractivity contribution is 0.00578. The Bertz CT molecular complexity index is 1100. The van der Waals surface area contributed by atoms with E-state index in [0.29, 0.717) is 0 Å². The van der Waals surface area contributed by atoms with Gasteiger partial charge in [0.25, 0.3) is 0 Å². The zero-order chi connectivity index (χ0) is 19.9. The number of hydrogen-bond donors (Lipinski definition) is 0. The van der Waals surface area contributed by atoms with Gasteiger partial charge in [-0.25, -0.2) is 0 Å². The van der Waals surface area contributed by atoms with Gasteiger partial charge < -0.3 is 9.31 Å². The summed E-state index contributed by atoms with van der Waals surface area (Å²) in [6.45, 7) is 8.43. The zero-order valence-electron chi connectivity index (χ0n) is 17.5. The number of hydrogen-bond acceptors (Lipinski definition) is 2. The van der Waals surface area contributed by atoms with E-state index in [-0.39, 0.29) is 18.3 Å². The van der Waals surface area contributed by atoms with Gasteiger partial charge in [-0.15, -0.1) is 0 Å². The first-order chi connectivity index (χ1) is 13.1. The molecule has 0 atom stereocenters. The Morgan fingerprint density at radius 3 is 2.14 bits per heavy atom. The molecule has 0 aromatic heterocycles. The molecule has 3 aromatic carbocycles. The first kappa shape index (κ1) is 18.3. The second-order valence-electron chi connectivity index (χ2n) is 9.33. The van der Waals surface area contributed by atoms with Crippen molar-refractivity contribution in [1.29, 1.82) is 0 Å². The average molecular weight is 390 g/mol. The molecule has 28 heavy (non-hydrogen) atoms. The van der Waals surface area contributed by atoms with Crippen LogP contribution in [0.5, 0.6) is 0 Å². The van der Waals surface area contributed by atoms with Gasteiger partial charge in [0.15, 0.2) is 0 Å². The van der Waals surface area contributed by atoms with Gasteiger partial charge in [-0.05, 0) is 73.6 Å². The molecule has 0 unspecified atom stereocenters. The minimum atomic E-state index is -1.11. The fourth-order valence-corrected chi connectivity index (χ4v) is 7.27. The van der Waals surface area contributed by atoms with E-state index in [9.17, 15) is 0 Å². The highest BCUT2D eigenvalue weighted by Crippen LogP contribution is 2.68. The fraction of sp³-hybridized carbons (Fsp3) is 0.333. The van der Waals surface area contributed by atoms with Gasteiger partial charge in [0.2, 0.25) is 0 Å². The highest BCUT2D eigenvalue weighted by Gasteiger charge is 2.52. The Kier molecular flexibility index (Phi) is 3.70. The normalized spacial score (nSPS) is 22.1. The van der Waals surface area contributed by atoms with E-state index in [4.69, 9.17) is 9.31 Å². The lowest BCUT2D eigenvalue weighted by Gasteiger charge is -2.32. The van der Waals surface area contributed by atoms with Crippen LogP contribution in [0.25, 0.3) is 21.9 Å². The lowest BCUT2D eigenvalue weighted by atomic mass is 9.78. The van der Waals surface area contributed by atoms with Crippen LogP contribution >= 0.6 is 10.0 Å². The molecule has 3 aromatic rings. The van der Waals surface area contributed by atoms with Crippen molar-refractivity contribution in [3.05, 3.63) is 54.6 Å². The molecule has 0 saturated carbocycles. The molecule has 0 amide bonds. The second kappa shape index (κ2) is 5.66. The summed E-state index contributed by atoms with van der Waals surface area (Å²) in [6, 6.07) is 20.1. The van der Waals surface area contributed by atoms with E-state index < -0.39 is 10.0 Å². The van der Waals surface area contributed by atoms with Gasteiger partial charge in [0.05, 0.1) is 11.2 Å². The van der Waals surface area contributed by atoms with E-state index in [1.165, 1.54) is 31.7 Å². The van der Waals surface area contributed by atoms with Crippen molar-refractivity contribution >= 4 is 33.4 Å². The zero-order valence-corrected chi connectivity index (χ0v) is 18.3. The minimum Gasteiger partial charge on any atom is -0.399 e. The molecule has 2 nitrogen and oxygen atoms in total. The van der Waals surface area contributed by atoms with Gasteiger partial charge in [0.1, 0.15) is 0 Å². The van der Waals surface area contributed by atoms with Crippen molar-refractivity contribution in [2.75, 3.05) is 12.5 Å². The maximum absolute atomic E-state index is 6.31. The summed E-state index contributed by atoms with van der Waals surface area (Å²) in [6.07, 6.45) is 4.83. The average Bonchev–Trinajstić information content (AvgIpc) is 3.01. The van der Waals surface area contributed by atoms with Gasteiger partial charge in [-0.3, -0.25) is 0 Å². The third-order valence-corrected chi connectivity index (χ3v) is 9.66. The third-order valence-electron chi connectivity index (χ3n) is 6.76. The molecular weight excluding hydrogens is 363 g/mol. The smallest absolute Gasteiger partial charge is 0.399 e. The molecule has 1 saturated heterocycles. The topological polar surface area (TPSA) is 18.5 Å². The lowest BCUT2D eigenvalue weighted by Crippen LogP contribution is -2.41.